The summed E-state index contributed by atoms with van der Waals surface area (Å²) in [4.78, 5) is 0. The van der Waals surface area contributed by atoms with E-state index in [-0.39, 0.29) is 11.6 Å². The summed E-state index contributed by atoms with van der Waals surface area (Å²) in [5, 5.41) is 8.70. The molecule has 1 aromatic carbocycles. The molecule has 1 atom stereocenters. The number of halogens is 1. The molecule has 0 aliphatic carbocycles. The van der Waals surface area contributed by atoms with Gasteiger partial charge in [-0.3, -0.25) is 0 Å². The third-order valence-corrected chi connectivity index (χ3v) is 1.97. The Morgan fingerprint density at radius 2 is 2.11 bits per heavy atom. The standard InChI is InChI=1S/C6H6AsFO/c7-5-2-1-4(9)3-6(5)8/h1-3,9H,7H2. The van der Waals surface area contributed by atoms with Crippen molar-refractivity contribution in [2.45, 2.75) is 0 Å². The molecule has 9 heavy (non-hydrogen) atoms. The van der Waals surface area contributed by atoms with Crippen molar-refractivity contribution in [1.82, 2.24) is 0 Å². The minimum atomic E-state index is -0.338. The molecule has 1 nitrogen and oxygen atoms in total. The van der Waals surface area contributed by atoms with Gasteiger partial charge in [-0.15, -0.1) is 0 Å². The van der Waals surface area contributed by atoms with Crippen LogP contribution >= 0.6 is 0 Å². The van der Waals surface area contributed by atoms with Gasteiger partial charge >= 0.3 is 60.5 Å². The van der Waals surface area contributed by atoms with Gasteiger partial charge in [-0.2, -0.15) is 0 Å². The monoisotopic (exact) mass is 188 g/mol. The first kappa shape index (κ1) is 6.63. The summed E-state index contributed by atoms with van der Waals surface area (Å²) >= 11 is 1.22. The van der Waals surface area contributed by atoms with Gasteiger partial charge in [0.15, 0.2) is 0 Å². The molecule has 48 valence electrons. The molecule has 1 N–H and O–H groups in total. The average molecular weight is 188 g/mol. The van der Waals surface area contributed by atoms with Crippen LogP contribution < -0.4 is 4.35 Å². The van der Waals surface area contributed by atoms with E-state index < -0.39 is 0 Å². The zero-order chi connectivity index (χ0) is 6.85. The molecule has 1 rings (SSSR count). The van der Waals surface area contributed by atoms with Crippen LogP contribution in [0.3, 0.4) is 0 Å². The van der Waals surface area contributed by atoms with Crippen molar-refractivity contribution in [3.05, 3.63) is 24.0 Å². The first-order valence-electron chi connectivity index (χ1n) is 2.44. The molecule has 0 bridgehead atoms. The third-order valence-electron chi connectivity index (χ3n) is 0.984. The molecule has 0 radical (unpaired) electrons. The van der Waals surface area contributed by atoms with E-state index in [1.807, 2.05) is 0 Å². The van der Waals surface area contributed by atoms with Gasteiger partial charge in [0, 0.05) is 0 Å². The van der Waals surface area contributed by atoms with E-state index >= 15 is 0 Å². The van der Waals surface area contributed by atoms with Crippen LogP contribution in [0.25, 0.3) is 0 Å². The van der Waals surface area contributed by atoms with Gasteiger partial charge in [0.25, 0.3) is 0 Å². The topological polar surface area (TPSA) is 20.2 Å². The third kappa shape index (κ3) is 1.46. The van der Waals surface area contributed by atoms with Crippen molar-refractivity contribution in [2.24, 2.45) is 0 Å². The average Bonchev–Trinajstić information content (AvgIpc) is 1.80. The van der Waals surface area contributed by atoms with Crippen molar-refractivity contribution in [1.29, 1.82) is 0 Å². The van der Waals surface area contributed by atoms with Crippen LogP contribution in [0.2, 0.25) is 0 Å². The van der Waals surface area contributed by atoms with E-state index in [9.17, 15) is 4.39 Å². The number of benzene rings is 1. The van der Waals surface area contributed by atoms with Crippen LogP contribution in [0.4, 0.5) is 4.39 Å². The van der Waals surface area contributed by atoms with Gasteiger partial charge in [-0.25, -0.2) is 0 Å². The number of hydrogen-bond donors (Lipinski definition) is 1. The van der Waals surface area contributed by atoms with Gasteiger partial charge in [0.1, 0.15) is 0 Å². The number of phenols is 1. The second-order valence-corrected chi connectivity index (χ2v) is 3.01. The van der Waals surface area contributed by atoms with Crippen molar-refractivity contribution >= 4 is 21.2 Å². The summed E-state index contributed by atoms with van der Waals surface area (Å²) in [5.74, 6) is -0.357. The molecule has 0 saturated heterocycles. The van der Waals surface area contributed by atoms with Gasteiger partial charge in [0.05, 0.1) is 0 Å². The summed E-state index contributed by atoms with van der Waals surface area (Å²) in [6.45, 7) is 0. The Kier molecular flexibility index (Phi) is 1.77. The van der Waals surface area contributed by atoms with E-state index in [1.165, 1.54) is 22.9 Å². The van der Waals surface area contributed by atoms with Crippen molar-refractivity contribution in [2.75, 3.05) is 0 Å². The fourth-order valence-electron chi connectivity index (χ4n) is 0.516. The number of phenolic OH excluding ortho intramolecular Hbond substituents is 1. The molecule has 0 aliphatic rings. The number of hydrogen-bond acceptors (Lipinski definition) is 1. The Bertz CT molecular complexity index is 224. The second kappa shape index (κ2) is 2.40. The molecule has 0 fully saturated rings. The molecule has 0 spiro atoms. The minimum absolute atomic E-state index is 0.0195. The Balaban J connectivity index is 3.17. The summed E-state index contributed by atoms with van der Waals surface area (Å²) in [6.07, 6.45) is 0. The van der Waals surface area contributed by atoms with E-state index in [0.29, 0.717) is 4.35 Å². The van der Waals surface area contributed by atoms with Crippen LogP contribution in [-0.2, 0) is 0 Å². The van der Waals surface area contributed by atoms with Gasteiger partial charge in [-0.1, -0.05) is 0 Å². The van der Waals surface area contributed by atoms with Gasteiger partial charge in [-0.05, 0) is 0 Å². The zero-order valence-corrected chi connectivity index (χ0v) is 7.06. The van der Waals surface area contributed by atoms with E-state index in [1.54, 1.807) is 6.07 Å². The Labute approximate surface area is 61.0 Å². The molecule has 1 aromatic rings. The Morgan fingerprint density at radius 3 is 2.56 bits per heavy atom. The van der Waals surface area contributed by atoms with Crippen molar-refractivity contribution < 1.29 is 9.50 Å². The maximum atomic E-state index is 12.4. The first-order chi connectivity index (χ1) is 4.20. The fraction of sp³-hybridized carbons (Fsp3) is 0. The van der Waals surface area contributed by atoms with E-state index in [4.69, 9.17) is 5.11 Å². The van der Waals surface area contributed by atoms with Gasteiger partial charge in [0.2, 0.25) is 0 Å². The molecular formula is C6H6AsFO. The van der Waals surface area contributed by atoms with Crippen LogP contribution in [0, 0.1) is 5.82 Å². The normalized spacial score (nSPS) is 9.56. The molecule has 1 unspecified atom stereocenters. The van der Waals surface area contributed by atoms with Crippen LogP contribution in [-0.4, -0.2) is 22.0 Å². The second-order valence-electron chi connectivity index (χ2n) is 1.71. The maximum absolute atomic E-state index is 12.4. The Hall–Kier alpha value is -0.492. The number of rotatable bonds is 0. The van der Waals surface area contributed by atoms with Crippen molar-refractivity contribution in [3.8, 4) is 5.75 Å². The van der Waals surface area contributed by atoms with Gasteiger partial charge < -0.3 is 0 Å². The summed E-state index contributed by atoms with van der Waals surface area (Å²) < 4.78 is 13.0. The van der Waals surface area contributed by atoms with Crippen LogP contribution in [0.1, 0.15) is 0 Å². The van der Waals surface area contributed by atoms with E-state index in [0.717, 1.165) is 6.07 Å². The molecular weight excluding hydrogens is 182 g/mol. The summed E-state index contributed by atoms with van der Waals surface area (Å²) in [6, 6.07) is 4.14. The summed E-state index contributed by atoms with van der Waals surface area (Å²) in [7, 11) is 0. The molecule has 0 amide bonds. The Morgan fingerprint density at radius 1 is 1.44 bits per heavy atom. The fourth-order valence-corrected chi connectivity index (χ4v) is 0.893. The molecule has 0 aromatic heterocycles. The zero-order valence-electron chi connectivity index (χ0n) is 4.63. The molecule has 0 aliphatic heterocycles. The number of aromatic hydroxyl groups is 1. The predicted octanol–water partition coefficient (Wildman–Crippen LogP) is -0.210. The van der Waals surface area contributed by atoms with Crippen LogP contribution in [0.15, 0.2) is 18.2 Å². The quantitative estimate of drug-likeness (QED) is 0.558. The molecule has 0 heterocycles. The van der Waals surface area contributed by atoms with Crippen LogP contribution in [0.5, 0.6) is 5.75 Å². The molecule has 0 saturated carbocycles. The summed E-state index contributed by atoms with van der Waals surface area (Å²) in [5.41, 5.74) is 0. The van der Waals surface area contributed by atoms with E-state index in [2.05, 4.69) is 0 Å². The van der Waals surface area contributed by atoms with Crippen molar-refractivity contribution in [3.63, 3.8) is 0 Å². The predicted molar refractivity (Wildman–Crippen MR) is 36.2 cm³/mol. The molecule has 3 heteroatoms. The SMILES string of the molecule is Oc1ccc([AsH2])c(F)c1. The first-order valence-corrected chi connectivity index (χ1v) is 3.65.